The van der Waals surface area contributed by atoms with Crippen LogP contribution in [0.1, 0.15) is 12.8 Å². The molecule has 4 nitrogen and oxygen atoms in total. The van der Waals surface area contributed by atoms with E-state index >= 15 is 0 Å². The molecule has 0 aromatic heterocycles. The lowest BCUT2D eigenvalue weighted by Crippen LogP contribution is -2.40. The highest BCUT2D eigenvalue weighted by Gasteiger charge is 2.66. The van der Waals surface area contributed by atoms with Gasteiger partial charge < -0.3 is 10.1 Å². The first-order valence-corrected chi connectivity index (χ1v) is 3.58. The maximum atomic E-state index is 11.1. The van der Waals surface area contributed by atoms with Crippen LogP contribution in [0, 0.1) is 5.92 Å². The van der Waals surface area contributed by atoms with Crippen LogP contribution in [0.3, 0.4) is 0 Å². The Morgan fingerprint density at radius 1 is 1.82 bits per heavy atom. The number of ether oxygens (including phenoxy) is 1. The third-order valence-electron chi connectivity index (χ3n) is 2.45. The van der Waals surface area contributed by atoms with Gasteiger partial charge in [0.1, 0.15) is 5.54 Å². The molecule has 60 valence electrons. The second-order valence-electron chi connectivity index (χ2n) is 3.12. The molecule has 2 rings (SSSR count). The summed E-state index contributed by atoms with van der Waals surface area (Å²) in [4.78, 5) is 21.9. The number of carbonyl (C=O) groups excluding carboxylic acids is 2. The molecule has 1 aliphatic heterocycles. The fourth-order valence-corrected chi connectivity index (χ4v) is 1.74. The summed E-state index contributed by atoms with van der Waals surface area (Å²) >= 11 is 0. The normalized spacial score (nSPS) is 39.4. The summed E-state index contributed by atoms with van der Waals surface area (Å²) < 4.78 is 4.57. The summed E-state index contributed by atoms with van der Waals surface area (Å²) in [5.74, 6) is -0.137. The molecule has 1 heterocycles. The minimum Gasteiger partial charge on any atom is -0.467 e. The quantitative estimate of drug-likeness (QED) is 0.516. The van der Waals surface area contributed by atoms with Gasteiger partial charge in [0.05, 0.1) is 7.11 Å². The molecule has 1 saturated heterocycles. The Kier molecular flexibility index (Phi) is 1.06. The highest BCUT2D eigenvalue weighted by Crippen LogP contribution is 2.50. The molecule has 4 heteroatoms. The molecule has 2 unspecified atom stereocenters. The van der Waals surface area contributed by atoms with Gasteiger partial charge in [-0.15, -0.1) is 0 Å². The van der Waals surface area contributed by atoms with Crippen LogP contribution < -0.4 is 5.32 Å². The molecule has 2 fully saturated rings. The van der Waals surface area contributed by atoms with Crippen molar-refractivity contribution < 1.29 is 14.3 Å². The molecule has 2 atom stereocenters. The van der Waals surface area contributed by atoms with E-state index in [4.69, 9.17) is 0 Å². The van der Waals surface area contributed by atoms with Crippen molar-refractivity contribution in [1.82, 2.24) is 5.32 Å². The molecule has 0 radical (unpaired) electrons. The van der Waals surface area contributed by atoms with E-state index in [1.165, 1.54) is 7.11 Å². The highest BCUT2D eigenvalue weighted by molar-refractivity contribution is 5.96. The van der Waals surface area contributed by atoms with E-state index in [9.17, 15) is 9.59 Å². The molecule has 0 aromatic rings. The zero-order valence-electron chi connectivity index (χ0n) is 6.22. The van der Waals surface area contributed by atoms with Gasteiger partial charge in [-0.2, -0.15) is 0 Å². The number of methoxy groups -OCH3 is 1. The average Bonchev–Trinajstić information content (AvgIpc) is 2.55. The molecule has 1 N–H and O–H groups in total. The molecule has 0 bridgehead atoms. The lowest BCUT2D eigenvalue weighted by atomic mass is 10.2. The van der Waals surface area contributed by atoms with Gasteiger partial charge in [0.25, 0.3) is 0 Å². The maximum Gasteiger partial charge on any atom is 0.331 e. The number of fused-ring (bicyclic) bond motifs is 1. The van der Waals surface area contributed by atoms with Gasteiger partial charge in [-0.1, -0.05) is 0 Å². The zero-order chi connectivity index (χ0) is 8.06. The van der Waals surface area contributed by atoms with Crippen molar-refractivity contribution in [1.29, 1.82) is 0 Å². The molecular weight excluding hydrogens is 146 g/mol. The Bertz CT molecular complexity index is 238. The van der Waals surface area contributed by atoms with Crippen molar-refractivity contribution in [2.45, 2.75) is 18.4 Å². The molecule has 0 aromatic carbocycles. The Morgan fingerprint density at radius 2 is 2.55 bits per heavy atom. The lowest BCUT2D eigenvalue weighted by Gasteiger charge is -2.09. The largest absolute Gasteiger partial charge is 0.467 e. The fraction of sp³-hybridized carbons (Fsp3) is 0.714. The standard InChI is InChI=1S/C7H9NO3/c1-11-6(10)7-3-4(7)2-5(9)8-7/h4H,2-3H2,1H3,(H,8,9). The van der Waals surface area contributed by atoms with E-state index in [1.54, 1.807) is 0 Å². The first-order valence-electron chi connectivity index (χ1n) is 3.58. The first-order chi connectivity index (χ1) is 5.19. The van der Waals surface area contributed by atoms with E-state index in [1.807, 2.05) is 0 Å². The van der Waals surface area contributed by atoms with Crippen molar-refractivity contribution in [3.63, 3.8) is 0 Å². The predicted octanol–water partition coefficient (Wildman–Crippen LogP) is -0.562. The zero-order valence-corrected chi connectivity index (χ0v) is 6.22. The van der Waals surface area contributed by atoms with Gasteiger partial charge in [0.15, 0.2) is 0 Å². The number of carbonyl (C=O) groups is 2. The molecule has 1 amide bonds. The Balaban J connectivity index is 2.15. The van der Waals surface area contributed by atoms with Crippen LogP contribution in [0.5, 0.6) is 0 Å². The smallest absolute Gasteiger partial charge is 0.331 e. The molecule has 1 aliphatic carbocycles. The van der Waals surface area contributed by atoms with Crippen LogP contribution in [0.2, 0.25) is 0 Å². The van der Waals surface area contributed by atoms with Gasteiger partial charge >= 0.3 is 5.97 Å². The van der Waals surface area contributed by atoms with Gasteiger partial charge in [-0.05, 0) is 6.42 Å². The van der Waals surface area contributed by atoms with Crippen LogP contribution in [-0.2, 0) is 14.3 Å². The van der Waals surface area contributed by atoms with Crippen molar-refractivity contribution in [2.75, 3.05) is 7.11 Å². The van der Waals surface area contributed by atoms with E-state index in [0.29, 0.717) is 6.42 Å². The number of rotatable bonds is 1. The molecular formula is C7H9NO3. The Hall–Kier alpha value is -1.06. The summed E-state index contributed by atoms with van der Waals surface area (Å²) in [7, 11) is 1.34. The topological polar surface area (TPSA) is 55.4 Å². The highest BCUT2D eigenvalue weighted by atomic mass is 16.5. The molecule has 11 heavy (non-hydrogen) atoms. The summed E-state index contributed by atoms with van der Waals surface area (Å²) in [6, 6.07) is 0. The van der Waals surface area contributed by atoms with Crippen molar-refractivity contribution in [2.24, 2.45) is 5.92 Å². The number of amides is 1. The number of esters is 1. The van der Waals surface area contributed by atoms with Crippen LogP contribution >= 0.6 is 0 Å². The van der Waals surface area contributed by atoms with Crippen LogP contribution in [-0.4, -0.2) is 24.5 Å². The average molecular weight is 155 g/mol. The minimum absolute atomic E-state index is 0.0355. The van der Waals surface area contributed by atoms with E-state index < -0.39 is 5.54 Å². The first kappa shape index (κ1) is 6.64. The summed E-state index contributed by atoms with van der Waals surface area (Å²) in [6.45, 7) is 0. The fourth-order valence-electron chi connectivity index (χ4n) is 1.74. The lowest BCUT2D eigenvalue weighted by molar-refractivity contribution is -0.145. The molecule has 2 aliphatic rings. The Morgan fingerprint density at radius 3 is 3.00 bits per heavy atom. The van der Waals surface area contributed by atoms with Crippen LogP contribution in [0.4, 0.5) is 0 Å². The second-order valence-corrected chi connectivity index (χ2v) is 3.12. The van der Waals surface area contributed by atoms with Crippen molar-refractivity contribution >= 4 is 11.9 Å². The minimum atomic E-state index is -0.619. The van der Waals surface area contributed by atoms with Gasteiger partial charge in [0.2, 0.25) is 5.91 Å². The summed E-state index contributed by atoms with van der Waals surface area (Å²) in [5, 5.41) is 2.64. The second kappa shape index (κ2) is 1.75. The van der Waals surface area contributed by atoms with Gasteiger partial charge in [-0.25, -0.2) is 4.79 Å². The van der Waals surface area contributed by atoms with E-state index in [0.717, 1.165) is 6.42 Å². The number of nitrogens with one attached hydrogen (secondary N) is 1. The molecule has 0 spiro atoms. The van der Waals surface area contributed by atoms with Crippen LogP contribution in [0.25, 0.3) is 0 Å². The summed E-state index contributed by atoms with van der Waals surface area (Å²) in [5.41, 5.74) is -0.619. The summed E-state index contributed by atoms with van der Waals surface area (Å²) in [6.07, 6.45) is 1.24. The van der Waals surface area contributed by atoms with Crippen molar-refractivity contribution in [3.05, 3.63) is 0 Å². The third-order valence-corrected chi connectivity index (χ3v) is 2.45. The van der Waals surface area contributed by atoms with Crippen molar-refractivity contribution in [3.8, 4) is 0 Å². The van der Waals surface area contributed by atoms with Gasteiger partial charge in [-0.3, -0.25) is 4.79 Å². The SMILES string of the molecule is COC(=O)C12CC1CC(=O)N2. The van der Waals surface area contributed by atoms with E-state index in [-0.39, 0.29) is 17.8 Å². The predicted molar refractivity (Wildman–Crippen MR) is 35.6 cm³/mol. The number of hydrogen-bond acceptors (Lipinski definition) is 3. The maximum absolute atomic E-state index is 11.1. The van der Waals surface area contributed by atoms with Gasteiger partial charge in [0, 0.05) is 12.3 Å². The van der Waals surface area contributed by atoms with Crippen LogP contribution in [0.15, 0.2) is 0 Å². The Labute approximate surface area is 63.9 Å². The monoisotopic (exact) mass is 155 g/mol. The number of piperidine rings is 1. The molecule has 1 saturated carbocycles. The van der Waals surface area contributed by atoms with E-state index in [2.05, 4.69) is 10.1 Å². The third kappa shape index (κ3) is 0.692. The number of hydrogen-bond donors (Lipinski definition) is 1.